The molecule has 5 nitrogen and oxygen atoms in total. The number of likely N-dealkylation sites (tertiary alicyclic amines) is 1. The molecule has 2 aromatic carbocycles. The number of benzene rings is 2. The molecule has 1 aliphatic heterocycles. The SMILES string of the molecule is CC[C@]1(c2ccccc2)CCC(=O)N(CC(=O)Nc2c(C)cc(C)cc2C)C1=O. The zero-order chi connectivity index (χ0) is 21.2. The van der Waals surface area contributed by atoms with Crippen LogP contribution in [0.4, 0.5) is 5.69 Å². The molecule has 0 radical (unpaired) electrons. The highest BCUT2D eigenvalue weighted by atomic mass is 16.2. The number of aryl methyl sites for hydroxylation is 3. The third-order valence-electron chi connectivity index (χ3n) is 5.89. The van der Waals surface area contributed by atoms with Crippen LogP contribution >= 0.6 is 0 Å². The molecular weight excluding hydrogens is 364 g/mol. The number of piperidine rings is 1. The van der Waals surface area contributed by atoms with Gasteiger partial charge in [0.05, 0.1) is 5.41 Å². The zero-order valence-corrected chi connectivity index (χ0v) is 17.5. The van der Waals surface area contributed by atoms with E-state index in [2.05, 4.69) is 5.32 Å². The Morgan fingerprint density at radius 1 is 1.07 bits per heavy atom. The van der Waals surface area contributed by atoms with Gasteiger partial charge < -0.3 is 5.32 Å². The molecule has 0 aromatic heterocycles. The van der Waals surface area contributed by atoms with Crippen LogP contribution < -0.4 is 5.32 Å². The van der Waals surface area contributed by atoms with Crippen LogP contribution in [0.15, 0.2) is 42.5 Å². The van der Waals surface area contributed by atoms with Crippen molar-refractivity contribution < 1.29 is 14.4 Å². The first-order valence-electron chi connectivity index (χ1n) is 10.1. The minimum absolute atomic E-state index is 0.254. The minimum atomic E-state index is -0.759. The summed E-state index contributed by atoms with van der Waals surface area (Å²) >= 11 is 0. The topological polar surface area (TPSA) is 66.5 Å². The number of carbonyl (C=O) groups is 3. The molecule has 0 aliphatic carbocycles. The first-order valence-corrected chi connectivity index (χ1v) is 10.1. The fourth-order valence-electron chi connectivity index (χ4n) is 4.35. The summed E-state index contributed by atoms with van der Waals surface area (Å²) in [6.45, 7) is 7.57. The van der Waals surface area contributed by atoms with Gasteiger partial charge in [-0.25, -0.2) is 0 Å². The van der Waals surface area contributed by atoms with Crippen LogP contribution in [0.25, 0.3) is 0 Å². The lowest BCUT2D eigenvalue weighted by Gasteiger charge is -2.40. The lowest BCUT2D eigenvalue weighted by atomic mass is 9.71. The molecule has 152 valence electrons. The van der Waals surface area contributed by atoms with Crippen molar-refractivity contribution in [3.8, 4) is 0 Å². The van der Waals surface area contributed by atoms with Gasteiger partial charge in [0.2, 0.25) is 17.7 Å². The van der Waals surface area contributed by atoms with Gasteiger partial charge in [-0.3, -0.25) is 19.3 Å². The van der Waals surface area contributed by atoms with Crippen molar-refractivity contribution in [1.82, 2.24) is 4.90 Å². The highest BCUT2D eigenvalue weighted by molar-refractivity contribution is 6.07. The van der Waals surface area contributed by atoms with E-state index in [1.165, 1.54) is 0 Å². The van der Waals surface area contributed by atoms with Gasteiger partial charge in [0.1, 0.15) is 6.54 Å². The van der Waals surface area contributed by atoms with Crippen molar-refractivity contribution in [2.24, 2.45) is 0 Å². The Morgan fingerprint density at radius 2 is 1.69 bits per heavy atom. The van der Waals surface area contributed by atoms with Crippen molar-refractivity contribution >= 4 is 23.4 Å². The number of imide groups is 1. The van der Waals surface area contributed by atoms with Crippen molar-refractivity contribution in [2.75, 3.05) is 11.9 Å². The number of rotatable bonds is 5. The van der Waals surface area contributed by atoms with Gasteiger partial charge in [-0.05, 0) is 50.3 Å². The van der Waals surface area contributed by atoms with Crippen molar-refractivity contribution in [3.05, 3.63) is 64.7 Å². The van der Waals surface area contributed by atoms with Crippen LogP contribution in [0.1, 0.15) is 48.4 Å². The first-order chi connectivity index (χ1) is 13.8. The molecule has 1 fully saturated rings. The molecule has 0 saturated carbocycles. The highest BCUT2D eigenvalue weighted by Gasteiger charge is 2.47. The van der Waals surface area contributed by atoms with Crippen molar-refractivity contribution in [1.29, 1.82) is 0 Å². The summed E-state index contributed by atoms with van der Waals surface area (Å²) in [6.07, 6.45) is 1.31. The molecule has 0 spiro atoms. The van der Waals surface area contributed by atoms with Gasteiger partial charge in [-0.1, -0.05) is 55.0 Å². The second kappa shape index (κ2) is 8.19. The number of amides is 3. The molecular formula is C24H28N2O3. The summed E-state index contributed by atoms with van der Waals surface area (Å²) in [6, 6.07) is 13.5. The van der Waals surface area contributed by atoms with E-state index in [0.717, 1.165) is 32.8 Å². The molecule has 1 N–H and O–H groups in total. The van der Waals surface area contributed by atoms with E-state index >= 15 is 0 Å². The number of nitrogens with zero attached hydrogens (tertiary/aromatic N) is 1. The molecule has 5 heteroatoms. The Hall–Kier alpha value is -2.95. The maximum atomic E-state index is 13.4. The largest absolute Gasteiger partial charge is 0.324 e. The van der Waals surface area contributed by atoms with Crippen LogP contribution in [0, 0.1) is 20.8 Å². The lowest BCUT2D eigenvalue weighted by molar-refractivity contribution is -0.155. The van der Waals surface area contributed by atoms with Crippen molar-refractivity contribution in [3.63, 3.8) is 0 Å². The number of carbonyl (C=O) groups excluding carboxylic acids is 3. The van der Waals surface area contributed by atoms with Gasteiger partial charge >= 0.3 is 0 Å². The van der Waals surface area contributed by atoms with Gasteiger partial charge in [0.15, 0.2) is 0 Å². The average molecular weight is 392 g/mol. The van der Waals surface area contributed by atoms with Crippen molar-refractivity contribution in [2.45, 2.75) is 52.4 Å². The Morgan fingerprint density at radius 3 is 2.28 bits per heavy atom. The number of hydrogen-bond donors (Lipinski definition) is 1. The average Bonchev–Trinajstić information content (AvgIpc) is 2.69. The van der Waals surface area contributed by atoms with Gasteiger partial charge in [-0.15, -0.1) is 0 Å². The van der Waals surface area contributed by atoms with Crippen LogP contribution in [0.5, 0.6) is 0 Å². The van der Waals surface area contributed by atoms with E-state index in [1.807, 2.05) is 70.2 Å². The van der Waals surface area contributed by atoms with E-state index in [1.54, 1.807) is 0 Å². The van der Waals surface area contributed by atoms with E-state index < -0.39 is 5.41 Å². The molecule has 3 rings (SSSR count). The smallest absolute Gasteiger partial charge is 0.244 e. The second-order valence-electron chi connectivity index (χ2n) is 7.91. The predicted octanol–water partition coefficient (Wildman–Crippen LogP) is 4.05. The van der Waals surface area contributed by atoms with Gasteiger partial charge in [-0.2, -0.15) is 0 Å². The standard InChI is InChI=1S/C24H28N2O3/c1-5-24(19-9-7-6-8-10-19)12-11-21(28)26(23(24)29)15-20(27)25-22-17(3)13-16(2)14-18(22)4/h6-10,13-14H,5,11-12,15H2,1-4H3,(H,25,27)/t24-/m1/s1. The summed E-state index contributed by atoms with van der Waals surface area (Å²) in [5.41, 5.74) is 3.91. The highest BCUT2D eigenvalue weighted by Crippen LogP contribution is 2.38. The molecule has 1 saturated heterocycles. The number of anilines is 1. The maximum absolute atomic E-state index is 13.4. The summed E-state index contributed by atoms with van der Waals surface area (Å²) in [5, 5.41) is 2.89. The summed E-state index contributed by atoms with van der Waals surface area (Å²) in [4.78, 5) is 39.8. The quantitative estimate of drug-likeness (QED) is 0.781. The van der Waals surface area contributed by atoms with E-state index in [-0.39, 0.29) is 30.7 Å². The van der Waals surface area contributed by atoms with Crippen LogP contribution in [-0.2, 0) is 19.8 Å². The third kappa shape index (κ3) is 3.95. The van der Waals surface area contributed by atoms with Crippen LogP contribution in [-0.4, -0.2) is 29.2 Å². The fraction of sp³-hybridized carbons (Fsp3) is 0.375. The molecule has 0 bridgehead atoms. The Labute approximate surface area is 172 Å². The lowest BCUT2D eigenvalue weighted by Crippen LogP contribution is -2.55. The maximum Gasteiger partial charge on any atom is 0.244 e. The van der Waals surface area contributed by atoms with Gasteiger partial charge in [0, 0.05) is 12.1 Å². The zero-order valence-electron chi connectivity index (χ0n) is 17.5. The molecule has 1 aliphatic rings. The Kier molecular flexibility index (Phi) is 5.87. The molecule has 29 heavy (non-hydrogen) atoms. The summed E-state index contributed by atoms with van der Waals surface area (Å²) in [5.74, 6) is -0.931. The van der Waals surface area contributed by atoms with E-state index in [4.69, 9.17) is 0 Å². The monoisotopic (exact) mass is 392 g/mol. The molecule has 2 aromatic rings. The molecule has 1 atom stereocenters. The normalized spacial score (nSPS) is 19.4. The predicted molar refractivity (Wildman–Crippen MR) is 114 cm³/mol. The number of hydrogen-bond acceptors (Lipinski definition) is 3. The summed E-state index contributed by atoms with van der Waals surface area (Å²) in [7, 11) is 0. The first kappa shape index (κ1) is 20.8. The minimum Gasteiger partial charge on any atom is -0.324 e. The van der Waals surface area contributed by atoms with Crippen LogP contribution in [0.3, 0.4) is 0 Å². The Balaban J connectivity index is 1.83. The third-order valence-corrected chi connectivity index (χ3v) is 5.89. The van der Waals surface area contributed by atoms with Crippen LogP contribution in [0.2, 0.25) is 0 Å². The van der Waals surface area contributed by atoms with E-state index in [0.29, 0.717) is 12.8 Å². The fourth-order valence-corrected chi connectivity index (χ4v) is 4.35. The number of nitrogens with one attached hydrogen (secondary N) is 1. The summed E-state index contributed by atoms with van der Waals surface area (Å²) < 4.78 is 0. The second-order valence-corrected chi connectivity index (χ2v) is 7.91. The molecule has 0 unspecified atom stereocenters. The van der Waals surface area contributed by atoms with Gasteiger partial charge in [0.25, 0.3) is 0 Å². The van der Waals surface area contributed by atoms with E-state index in [9.17, 15) is 14.4 Å². The molecule has 3 amide bonds. The Bertz CT molecular complexity index is 929. The molecule has 1 heterocycles.